The Balaban J connectivity index is 1.18. The van der Waals surface area contributed by atoms with Gasteiger partial charge in [0.25, 0.3) is 6.43 Å². The molecule has 0 unspecified atom stereocenters. The molecule has 1 aliphatic heterocycles. The average molecular weight is 610 g/mol. The van der Waals surface area contributed by atoms with Gasteiger partial charge in [-0.2, -0.15) is 9.97 Å². The van der Waals surface area contributed by atoms with E-state index in [4.69, 9.17) is 14.7 Å². The minimum atomic E-state index is -2.75. The first-order valence-corrected chi connectivity index (χ1v) is 16.2. The van der Waals surface area contributed by atoms with Crippen LogP contribution < -0.4 is 10.2 Å². The molecule has 9 nitrogen and oxygen atoms in total. The van der Waals surface area contributed by atoms with Crippen LogP contribution in [0.1, 0.15) is 70.5 Å². The number of fused-ring (bicyclic) bond motifs is 1. The zero-order valence-electron chi connectivity index (χ0n) is 25.7. The summed E-state index contributed by atoms with van der Waals surface area (Å²) in [6, 6.07) is 9.47. The van der Waals surface area contributed by atoms with Gasteiger partial charge in [0.2, 0.25) is 5.95 Å². The van der Waals surface area contributed by atoms with E-state index in [9.17, 15) is 13.9 Å². The van der Waals surface area contributed by atoms with E-state index in [1.807, 2.05) is 13.0 Å². The molecule has 0 radical (unpaired) electrons. The van der Waals surface area contributed by atoms with E-state index in [-0.39, 0.29) is 5.82 Å². The molecule has 0 spiro atoms. The Morgan fingerprint density at radius 1 is 1.02 bits per heavy atom. The molecular formula is C33H45F2N7O2. The molecule has 2 saturated carbocycles. The highest BCUT2D eigenvalue weighted by molar-refractivity contribution is 5.78. The number of hydrogen-bond acceptors (Lipinski definition) is 8. The quantitative estimate of drug-likeness (QED) is 0.238. The molecule has 3 aromatic rings. The Bertz CT molecular complexity index is 1410. The van der Waals surface area contributed by atoms with Gasteiger partial charge in [-0.25, -0.2) is 13.8 Å². The Morgan fingerprint density at radius 2 is 1.75 bits per heavy atom. The summed E-state index contributed by atoms with van der Waals surface area (Å²) in [6.07, 6.45) is 8.25. The maximum Gasteiger partial charge on any atom is 0.296 e. The van der Waals surface area contributed by atoms with Crippen LogP contribution >= 0.6 is 0 Å². The summed E-state index contributed by atoms with van der Waals surface area (Å²) >= 11 is 0. The SMILES string of the molecule is C/C(=C\O)CN(CC1CCCC1)C1CCC(CNc2nc(N3CCOCC3)cc(-n3c(C(F)F)nc4ccccc43)n2)CC1. The van der Waals surface area contributed by atoms with Gasteiger partial charge in [0, 0.05) is 44.8 Å². The van der Waals surface area contributed by atoms with Crippen molar-refractivity contribution < 1.29 is 18.6 Å². The van der Waals surface area contributed by atoms with Crippen molar-refractivity contribution in [3.05, 3.63) is 48.0 Å². The van der Waals surface area contributed by atoms with Gasteiger partial charge in [0.05, 0.1) is 30.5 Å². The molecule has 238 valence electrons. The molecule has 2 aliphatic carbocycles. The van der Waals surface area contributed by atoms with E-state index < -0.39 is 6.43 Å². The van der Waals surface area contributed by atoms with Crippen LogP contribution in [0.15, 0.2) is 42.2 Å². The number of aliphatic hydroxyl groups excluding tert-OH is 1. The second-order valence-electron chi connectivity index (χ2n) is 12.7. The Morgan fingerprint density at radius 3 is 2.48 bits per heavy atom. The van der Waals surface area contributed by atoms with Crippen molar-refractivity contribution in [1.29, 1.82) is 0 Å². The average Bonchev–Trinajstić information content (AvgIpc) is 3.72. The molecule has 11 heteroatoms. The Labute approximate surface area is 258 Å². The normalized spacial score (nSPS) is 22.0. The third-order valence-corrected chi connectivity index (χ3v) is 9.57. The van der Waals surface area contributed by atoms with Gasteiger partial charge in [0.15, 0.2) is 5.82 Å². The molecule has 44 heavy (non-hydrogen) atoms. The number of morpholine rings is 1. The highest BCUT2D eigenvalue weighted by Gasteiger charge is 2.29. The summed E-state index contributed by atoms with van der Waals surface area (Å²) in [7, 11) is 0. The van der Waals surface area contributed by atoms with Gasteiger partial charge in [-0.3, -0.25) is 9.47 Å². The number of benzene rings is 1. The number of aliphatic hydroxyl groups is 1. The van der Waals surface area contributed by atoms with Crippen LogP contribution in [0, 0.1) is 11.8 Å². The van der Waals surface area contributed by atoms with Crippen LogP contribution in [0.5, 0.6) is 0 Å². The van der Waals surface area contributed by atoms with Crippen LogP contribution in [0.25, 0.3) is 16.9 Å². The number of para-hydroxylation sites is 2. The summed E-state index contributed by atoms with van der Waals surface area (Å²) in [5, 5.41) is 13.1. The summed E-state index contributed by atoms with van der Waals surface area (Å²) in [4.78, 5) is 18.6. The number of imidazole rings is 1. The molecule has 0 atom stereocenters. The number of ether oxygens (including phenoxy) is 1. The molecule has 1 aromatic carbocycles. The fourth-order valence-electron chi connectivity index (χ4n) is 7.18. The predicted octanol–water partition coefficient (Wildman–Crippen LogP) is 6.51. The van der Waals surface area contributed by atoms with Crippen LogP contribution in [0.2, 0.25) is 0 Å². The first-order valence-electron chi connectivity index (χ1n) is 16.2. The lowest BCUT2D eigenvalue weighted by atomic mass is 9.84. The van der Waals surface area contributed by atoms with Crippen LogP contribution in [-0.2, 0) is 4.74 Å². The number of alkyl halides is 2. The molecule has 3 fully saturated rings. The first kappa shape index (κ1) is 30.7. The first-order chi connectivity index (χ1) is 21.5. The molecule has 0 amide bonds. The monoisotopic (exact) mass is 609 g/mol. The number of aromatic nitrogens is 4. The number of nitrogens with one attached hydrogen (secondary N) is 1. The van der Waals surface area contributed by atoms with Crippen LogP contribution in [0.3, 0.4) is 0 Å². The summed E-state index contributed by atoms with van der Waals surface area (Å²) in [5.41, 5.74) is 2.11. The van der Waals surface area contributed by atoms with E-state index in [1.165, 1.54) is 36.5 Å². The third-order valence-electron chi connectivity index (χ3n) is 9.57. The highest BCUT2D eigenvalue weighted by Crippen LogP contribution is 2.33. The van der Waals surface area contributed by atoms with Gasteiger partial charge in [-0.05, 0) is 75.0 Å². The summed E-state index contributed by atoms with van der Waals surface area (Å²) in [5.74, 6) is 2.43. The van der Waals surface area contributed by atoms with Gasteiger partial charge in [-0.1, -0.05) is 25.0 Å². The number of anilines is 2. The lowest BCUT2D eigenvalue weighted by Gasteiger charge is -2.38. The van der Waals surface area contributed by atoms with Crippen LogP contribution in [-0.4, -0.2) is 81.5 Å². The Hall–Kier alpha value is -3.31. The second kappa shape index (κ2) is 14.2. The maximum atomic E-state index is 14.2. The number of nitrogens with zero attached hydrogens (tertiary/aromatic N) is 6. The van der Waals surface area contributed by atoms with E-state index >= 15 is 0 Å². The molecule has 3 heterocycles. The smallest absolute Gasteiger partial charge is 0.296 e. The fraction of sp³-hybridized carbons (Fsp3) is 0.606. The number of halogens is 2. The lowest BCUT2D eigenvalue weighted by Crippen LogP contribution is -2.42. The largest absolute Gasteiger partial charge is 0.516 e. The molecule has 6 rings (SSSR count). The van der Waals surface area contributed by atoms with E-state index in [2.05, 4.69) is 20.1 Å². The standard InChI is InChI=1S/C33H45F2N7O2/c1-23(22-43)20-41(21-25-6-2-3-7-25)26-12-10-24(11-13-26)19-36-33-38-29(40-14-16-44-17-15-40)18-30(39-33)42-28-9-5-4-8-27(28)37-32(42)31(34)35/h4-5,8-9,18,22,24-26,31,43H,2-3,6-7,10-17,19-21H2,1H3,(H,36,38,39)/b23-22+. The number of hydrogen-bond donors (Lipinski definition) is 2. The van der Waals surface area contributed by atoms with Crippen molar-refractivity contribution in [2.75, 3.05) is 56.2 Å². The Kier molecular flexibility index (Phi) is 9.91. The third kappa shape index (κ3) is 7.15. The summed E-state index contributed by atoms with van der Waals surface area (Å²) in [6.45, 7) is 7.21. The molecule has 2 aromatic heterocycles. The minimum absolute atomic E-state index is 0.324. The fourth-order valence-corrected chi connectivity index (χ4v) is 7.18. The second-order valence-corrected chi connectivity index (χ2v) is 12.7. The van der Waals surface area contributed by atoms with Gasteiger partial charge < -0.3 is 20.1 Å². The van der Waals surface area contributed by atoms with Crippen molar-refractivity contribution in [3.63, 3.8) is 0 Å². The predicted molar refractivity (Wildman–Crippen MR) is 169 cm³/mol. The molecule has 3 aliphatic rings. The molecule has 1 saturated heterocycles. The van der Waals surface area contributed by atoms with E-state index in [1.54, 1.807) is 24.3 Å². The van der Waals surface area contributed by atoms with E-state index in [0.717, 1.165) is 56.8 Å². The van der Waals surface area contributed by atoms with Crippen LogP contribution in [0.4, 0.5) is 20.5 Å². The van der Waals surface area contributed by atoms with Crippen molar-refractivity contribution >= 4 is 22.8 Å². The van der Waals surface area contributed by atoms with Gasteiger partial charge >= 0.3 is 0 Å². The van der Waals surface area contributed by atoms with Crippen molar-refractivity contribution in [1.82, 2.24) is 24.4 Å². The van der Waals surface area contributed by atoms with Crippen molar-refractivity contribution in [3.8, 4) is 5.82 Å². The molecule has 0 bridgehead atoms. The lowest BCUT2D eigenvalue weighted by molar-refractivity contribution is 0.122. The zero-order chi connectivity index (χ0) is 30.5. The topological polar surface area (TPSA) is 91.6 Å². The summed E-state index contributed by atoms with van der Waals surface area (Å²) < 4.78 is 35.4. The molecule has 2 N–H and O–H groups in total. The van der Waals surface area contributed by atoms with Crippen molar-refractivity contribution in [2.45, 2.75) is 70.8 Å². The number of rotatable bonds is 11. The maximum absolute atomic E-state index is 14.2. The zero-order valence-corrected chi connectivity index (χ0v) is 25.7. The van der Waals surface area contributed by atoms with Crippen molar-refractivity contribution in [2.24, 2.45) is 11.8 Å². The van der Waals surface area contributed by atoms with E-state index in [0.29, 0.717) is 66.9 Å². The highest BCUT2D eigenvalue weighted by atomic mass is 19.3. The van der Waals surface area contributed by atoms with Gasteiger partial charge in [-0.15, -0.1) is 0 Å². The minimum Gasteiger partial charge on any atom is -0.516 e. The van der Waals surface area contributed by atoms with Gasteiger partial charge in [0.1, 0.15) is 11.6 Å². The molecular weight excluding hydrogens is 564 g/mol.